The van der Waals surface area contributed by atoms with Gasteiger partial charge in [-0.05, 0) is 19.3 Å². The zero-order chi connectivity index (χ0) is 8.16. The van der Waals surface area contributed by atoms with Crippen LogP contribution in [0.3, 0.4) is 0 Å². The Morgan fingerprint density at radius 2 is 2.36 bits per heavy atom. The van der Waals surface area contributed by atoms with E-state index in [1.54, 1.807) is 0 Å². The molecule has 1 rings (SSSR count). The monoisotopic (exact) mass is 159 g/mol. The van der Waals surface area contributed by atoms with Crippen LogP contribution >= 0.6 is 0 Å². The fourth-order valence-corrected chi connectivity index (χ4v) is 1.56. The number of nitrogens with two attached hydrogens (primary N) is 1. The van der Waals surface area contributed by atoms with E-state index in [4.69, 9.17) is 15.6 Å². The van der Waals surface area contributed by atoms with Gasteiger partial charge in [0.05, 0.1) is 6.61 Å². The minimum Gasteiger partial charge on any atom is -0.396 e. The van der Waals surface area contributed by atoms with Gasteiger partial charge in [-0.15, -0.1) is 0 Å². The first-order valence-corrected chi connectivity index (χ1v) is 4.22. The lowest BCUT2D eigenvalue weighted by molar-refractivity contribution is 0.142. The van der Waals surface area contributed by atoms with Crippen LogP contribution in [0.1, 0.15) is 19.3 Å². The molecule has 0 aromatic rings. The molecule has 11 heavy (non-hydrogen) atoms. The number of aliphatic hydroxyl groups is 1. The molecule has 0 aromatic carbocycles. The number of hydrogen-bond acceptors (Lipinski definition) is 3. The predicted molar refractivity (Wildman–Crippen MR) is 43.2 cm³/mol. The van der Waals surface area contributed by atoms with Crippen molar-refractivity contribution in [3.8, 4) is 0 Å². The van der Waals surface area contributed by atoms with Crippen molar-refractivity contribution >= 4 is 0 Å². The van der Waals surface area contributed by atoms with E-state index in [1.807, 2.05) is 0 Å². The van der Waals surface area contributed by atoms with E-state index >= 15 is 0 Å². The molecule has 3 nitrogen and oxygen atoms in total. The van der Waals surface area contributed by atoms with Crippen LogP contribution in [0.25, 0.3) is 0 Å². The van der Waals surface area contributed by atoms with Gasteiger partial charge in [-0.1, -0.05) is 0 Å². The smallest absolute Gasteiger partial charge is 0.0535 e. The molecule has 0 bridgehead atoms. The molecule has 1 heterocycles. The Kier molecular flexibility index (Phi) is 3.30. The Hall–Kier alpha value is -0.120. The first kappa shape index (κ1) is 8.97. The van der Waals surface area contributed by atoms with E-state index in [9.17, 15) is 0 Å². The van der Waals surface area contributed by atoms with Crippen molar-refractivity contribution in [1.29, 1.82) is 0 Å². The average molecular weight is 159 g/mol. The van der Waals surface area contributed by atoms with E-state index in [0.717, 1.165) is 32.5 Å². The molecule has 1 aliphatic heterocycles. The number of aliphatic hydroxyl groups excluding tert-OH is 1. The van der Waals surface area contributed by atoms with Gasteiger partial charge in [0.2, 0.25) is 0 Å². The van der Waals surface area contributed by atoms with E-state index in [2.05, 4.69) is 0 Å². The van der Waals surface area contributed by atoms with Crippen molar-refractivity contribution in [2.45, 2.75) is 19.3 Å². The molecule has 1 saturated heterocycles. The quantitative estimate of drug-likeness (QED) is 0.612. The maximum absolute atomic E-state index is 8.65. The normalized spacial score (nSPS) is 31.1. The van der Waals surface area contributed by atoms with Crippen molar-refractivity contribution < 1.29 is 9.84 Å². The fraction of sp³-hybridized carbons (Fsp3) is 1.00. The first-order valence-electron chi connectivity index (χ1n) is 4.22. The lowest BCUT2D eigenvalue weighted by Crippen LogP contribution is -2.31. The summed E-state index contributed by atoms with van der Waals surface area (Å²) >= 11 is 0. The highest BCUT2D eigenvalue weighted by Crippen LogP contribution is 2.31. The third-order valence-corrected chi connectivity index (χ3v) is 2.48. The van der Waals surface area contributed by atoms with Gasteiger partial charge in [0.15, 0.2) is 0 Å². The van der Waals surface area contributed by atoms with Gasteiger partial charge in [0, 0.05) is 25.2 Å². The van der Waals surface area contributed by atoms with Gasteiger partial charge in [-0.25, -0.2) is 0 Å². The molecule has 1 atom stereocenters. The van der Waals surface area contributed by atoms with Crippen LogP contribution in [0, 0.1) is 5.41 Å². The third kappa shape index (κ3) is 2.15. The third-order valence-electron chi connectivity index (χ3n) is 2.48. The zero-order valence-electron chi connectivity index (χ0n) is 6.88. The maximum atomic E-state index is 8.65. The Labute approximate surface area is 67.5 Å². The molecule has 0 aromatic heterocycles. The van der Waals surface area contributed by atoms with Gasteiger partial charge < -0.3 is 15.6 Å². The summed E-state index contributed by atoms with van der Waals surface area (Å²) in [7, 11) is 0. The van der Waals surface area contributed by atoms with Crippen LogP contribution in [0.4, 0.5) is 0 Å². The van der Waals surface area contributed by atoms with Gasteiger partial charge in [-0.2, -0.15) is 0 Å². The zero-order valence-corrected chi connectivity index (χ0v) is 6.88. The van der Waals surface area contributed by atoms with E-state index in [1.165, 1.54) is 0 Å². The van der Waals surface area contributed by atoms with E-state index in [-0.39, 0.29) is 12.0 Å². The van der Waals surface area contributed by atoms with E-state index < -0.39 is 0 Å². The van der Waals surface area contributed by atoms with Crippen molar-refractivity contribution in [1.82, 2.24) is 0 Å². The van der Waals surface area contributed by atoms with Crippen LogP contribution in [-0.2, 0) is 4.74 Å². The Morgan fingerprint density at radius 3 is 2.82 bits per heavy atom. The summed E-state index contributed by atoms with van der Waals surface area (Å²) in [6, 6.07) is 0. The molecule has 1 unspecified atom stereocenters. The molecule has 0 saturated carbocycles. The highest BCUT2D eigenvalue weighted by Gasteiger charge is 2.32. The van der Waals surface area contributed by atoms with Crippen LogP contribution in [0.2, 0.25) is 0 Å². The molecule has 66 valence electrons. The SMILES string of the molecule is NCC1(CCCO)CCOC1. The number of ether oxygens (including phenoxy) is 1. The topological polar surface area (TPSA) is 55.5 Å². The van der Waals surface area contributed by atoms with Crippen LogP contribution < -0.4 is 5.73 Å². The Balaban J connectivity index is 2.33. The number of rotatable bonds is 4. The van der Waals surface area contributed by atoms with Crippen LogP contribution in [0.5, 0.6) is 0 Å². The second-order valence-corrected chi connectivity index (χ2v) is 3.33. The highest BCUT2D eigenvalue weighted by molar-refractivity contribution is 4.83. The lowest BCUT2D eigenvalue weighted by atomic mass is 9.83. The van der Waals surface area contributed by atoms with Crippen molar-refractivity contribution in [3.05, 3.63) is 0 Å². The van der Waals surface area contributed by atoms with Crippen molar-refractivity contribution in [2.75, 3.05) is 26.4 Å². The van der Waals surface area contributed by atoms with Crippen LogP contribution in [-0.4, -0.2) is 31.5 Å². The van der Waals surface area contributed by atoms with E-state index in [0.29, 0.717) is 6.54 Å². The summed E-state index contributed by atoms with van der Waals surface area (Å²) < 4.78 is 5.29. The van der Waals surface area contributed by atoms with Crippen molar-refractivity contribution in [3.63, 3.8) is 0 Å². The largest absolute Gasteiger partial charge is 0.396 e. The van der Waals surface area contributed by atoms with Crippen molar-refractivity contribution in [2.24, 2.45) is 11.1 Å². The van der Waals surface area contributed by atoms with Gasteiger partial charge in [0.25, 0.3) is 0 Å². The molecule has 3 heteroatoms. The molecular formula is C8H17NO2. The van der Waals surface area contributed by atoms with Gasteiger partial charge >= 0.3 is 0 Å². The maximum Gasteiger partial charge on any atom is 0.0535 e. The summed E-state index contributed by atoms with van der Waals surface area (Å²) in [6.45, 7) is 2.57. The van der Waals surface area contributed by atoms with Crippen LogP contribution in [0.15, 0.2) is 0 Å². The summed E-state index contributed by atoms with van der Waals surface area (Å²) in [5, 5.41) is 8.65. The Morgan fingerprint density at radius 1 is 1.55 bits per heavy atom. The molecule has 1 aliphatic rings. The molecule has 0 amide bonds. The van der Waals surface area contributed by atoms with Gasteiger partial charge in [0.1, 0.15) is 0 Å². The molecule has 1 fully saturated rings. The standard InChI is InChI=1S/C8H17NO2/c9-6-8(2-1-4-10)3-5-11-7-8/h10H,1-7,9H2. The molecular weight excluding hydrogens is 142 g/mol. The average Bonchev–Trinajstić information content (AvgIpc) is 2.50. The summed E-state index contributed by atoms with van der Waals surface area (Å²) in [6.07, 6.45) is 2.91. The number of hydrogen-bond donors (Lipinski definition) is 2. The molecule has 0 spiro atoms. The lowest BCUT2D eigenvalue weighted by Gasteiger charge is -2.24. The first-order chi connectivity index (χ1) is 5.33. The highest BCUT2D eigenvalue weighted by atomic mass is 16.5. The Bertz CT molecular complexity index is 111. The summed E-state index contributed by atoms with van der Waals surface area (Å²) in [5.74, 6) is 0. The fourth-order valence-electron chi connectivity index (χ4n) is 1.56. The molecule has 0 radical (unpaired) electrons. The second kappa shape index (κ2) is 4.04. The minimum absolute atomic E-state index is 0.183. The summed E-state index contributed by atoms with van der Waals surface area (Å²) in [5.41, 5.74) is 5.83. The second-order valence-electron chi connectivity index (χ2n) is 3.33. The minimum atomic E-state index is 0.183. The van der Waals surface area contributed by atoms with Gasteiger partial charge in [-0.3, -0.25) is 0 Å². The molecule has 0 aliphatic carbocycles. The molecule has 3 N–H and O–H groups in total. The predicted octanol–water partition coefficient (Wildman–Crippen LogP) is 0.124. The summed E-state index contributed by atoms with van der Waals surface area (Å²) in [4.78, 5) is 0.